The van der Waals surface area contributed by atoms with Crippen molar-refractivity contribution in [1.82, 2.24) is 4.90 Å². The van der Waals surface area contributed by atoms with Crippen LogP contribution in [0.1, 0.15) is 52.4 Å². The van der Waals surface area contributed by atoms with Crippen molar-refractivity contribution in [2.45, 2.75) is 64.6 Å². The fraction of sp³-hybridized carbons (Fsp3) is 0.750. The van der Waals surface area contributed by atoms with Gasteiger partial charge in [-0.15, -0.1) is 0 Å². The number of carbonyl (C=O) groups excluding carboxylic acids is 1. The van der Waals surface area contributed by atoms with Crippen LogP contribution in [0.3, 0.4) is 0 Å². The van der Waals surface area contributed by atoms with Crippen LogP contribution in [-0.2, 0) is 9.53 Å². The summed E-state index contributed by atoms with van der Waals surface area (Å²) in [5.74, 6) is -0.456. The topological polar surface area (TPSA) is 49.8 Å². The number of esters is 1. The van der Waals surface area contributed by atoms with Crippen LogP contribution in [0.25, 0.3) is 0 Å². The number of piperidine rings is 1. The monoisotopic (exact) mass is 333 g/mol. The Morgan fingerprint density at radius 2 is 1.96 bits per heavy atom. The van der Waals surface area contributed by atoms with Crippen LogP contribution in [0.5, 0.6) is 0 Å². The Bertz CT molecular complexity index is 519. The molecule has 4 nitrogen and oxygen atoms in total. The van der Waals surface area contributed by atoms with E-state index in [2.05, 4.69) is 24.8 Å². The Morgan fingerprint density at radius 1 is 1.21 bits per heavy atom. The van der Waals surface area contributed by atoms with Gasteiger partial charge in [-0.25, -0.2) is 0 Å². The molecule has 1 aliphatic carbocycles. The van der Waals surface area contributed by atoms with Crippen LogP contribution in [0.2, 0.25) is 0 Å². The van der Waals surface area contributed by atoms with Gasteiger partial charge in [0.2, 0.25) is 0 Å². The number of rotatable bonds is 2. The second kappa shape index (κ2) is 7.83. The molecule has 2 fully saturated rings. The molecule has 2 aliphatic heterocycles. The third kappa shape index (κ3) is 4.09. The van der Waals surface area contributed by atoms with Gasteiger partial charge in [0.25, 0.3) is 0 Å². The van der Waals surface area contributed by atoms with E-state index in [1.165, 1.54) is 30.4 Å². The molecule has 0 aromatic heterocycles. The fourth-order valence-corrected chi connectivity index (χ4v) is 4.42. The number of fused-ring (bicyclic) bond motifs is 1. The molecular formula is C20H31NO3. The summed E-state index contributed by atoms with van der Waals surface area (Å²) < 4.78 is 5.73. The smallest absolute Gasteiger partial charge is 0.311 e. The summed E-state index contributed by atoms with van der Waals surface area (Å²) in [6.07, 6.45) is 9.82. The Balaban J connectivity index is 1.81. The highest BCUT2D eigenvalue weighted by atomic mass is 16.6. The van der Waals surface area contributed by atoms with Gasteiger partial charge < -0.3 is 14.7 Å². The average Bonchev–Trinajstić information content (AvgIpc) is 2.83. The molecule has 2 heterocycles. The van der Waals surface area contributed by atoms with Crippen LogP contribution in [0.4, 0.5) is 0 Å². The number of aliphatic hydroxyl groups excluding tert-OH is 1. The minimum atomic E-state index is -0.595. The van der Waals surface area contributed by atoms with Crippen molar-refractivity contribution in [2.24, 2.45) is 11.8 Å². The minimum absolute atomic E-state index is 0.118. The third-order valence-electron chi connectivity index (χ3n) is 5.77. The summed E-state index contributed by atoms with van der Waals surface area (Å²) in [5, 5.41) is 10.8. The average molecular weight is 333 g/mol. The summed E-state index contributed by atoms with van der Waals surface area (Å²) in [5.41, 5.74) is 2.46. The van der Waals surface area contributed by atoms with Crippen LogP contribution in [-0.4, -0.2) is 47.8 Å². The maximum absolute atomic E-state index is 12.5. The highest BCUT2D eigenvalue weighted by molar-refractivity contribution is 5.76. The quantitative estimate of drug-likeness (QED) is 0.623. The van der Waals surface area contributed by atoms with Gasteiger partial charge in [-0.2, -0.15) is 0 Å². The second-order valence-electron chi connectivity index (χ2n) is 7.82. The van der Waals surface area contributed by atoms with Gasteiger partial charge in [0, 0.05) is 18.9 Å². The van der Waals surface area contributed by atoms with Gasteiger partial charge in [0.1, 0.15) is 6.10 Å². The normalized spacial score (nSPS) is 40.0. The number of hydrogen-bond acceptors (Lipinski definition) is 4. The highest BCUT2D eigenvalue weighted by Gasteiger charge is 2.48. The molecule has 0 aromatic rings. The first-order chi connectivity index (χ1) is 11.5. The molecule has 134 valence electrons. The summed E-state index contributed by atoms with van der Waals surface area (Å²) in [6.45, 7) is 7.03. The lowest BCUT2D eigenvalue weighted by Crippen LogP contribution is -2.41. The van der Waals surface area contributed by atoms with Crippen molar-refractivity contribution >= 4 is 5.97 Å². The van der Waals surface area contributed by atoms with Crippen molar-refractivity contribution < 1.29 is 14.6 Å². The van der Waals surface area contributed by atoms with Gasteiger partial charge >= 0.3 is 5.97 Å². The van der Waals surface area contributed by atoms with Crippen molar-refractivity contribution in [3.63, 3.8) is 0 Å². The zero-order chi connectivity index (χ0) is 17.1. The third-order valence-corrected chi connectivity index (χ3v) is 5.77. The Labute approximate surface area is 145 Å². The van der Waals surface area contributed by atoms with Gasteiger partial charge in [0.05, 0.1) is 12.0 Å². The Morgan fingerprint density at radius 3 is 2.71 bits per heavy atom. The number of ether oxygens (including phenoxy) is 1. The zero-order valence-corrected chi connectivity index (χ0v) is 15.0. The molecule has 0 unspecified atom stereocenters. The molecule has 2 saturated heterocycles. The molecule has 4 heteroatoms. The SMILES string of the molecule is C/C1=C\[C@@H](O)[C@@H]2[C@H](C/C(C)=C/CC1)OC(=O)[C@@H]2CN1CCCCC1. The van der Waals surface area contributed by atoms with Gasteiger partial charge in [-0.05, 0) is 52.6 Å². The van der Waals surface area contributed by atoms with Crippen LogP contribution >= 0.6 is 0 Å². The lowest BCUT2D eigenvalue weighted by molar-refractivity contribution is -0.144. The lowest BCUT2D eigenvalue weighted by Gasteiger charge is -2.31. The number of carbonyl (C=O) groups is 1. The van der Waals surface area contributed by atoms with E-state index in [0.29, 0.717) is 0 Å². The summed E-state index contributed by atoms with van der Waals surface area (Å²) in [4.78, 5) is 14.9. The number of nitrogens with zero attached hydrogens (tertiary/aromatic N) is 1. The largest absolute Gasteiger partial charge is 0.461 e. The fourth-order valence-electron chi connectivity index (χ4n) is 4.42. The van der Waals surface area contributed by atoms with Crippen molar-refractivity contribution in [3.8, 4) is 0 Å². The summed E-state index contributed by atoms with van der Waals surface area (Å²) in [6, 6.07) is 0. The Hall–Kier alpha value is -1.13. The first kappa shape index (κ1) is 17.7. The number of allylic oxidation sites excluding steroid dienone is 2. The Kier molecular flexibility index (Phi) is 5.77. The molecule has 0 bridgehead atoms. The maximum Gasteiger partial charge on any atom is 0.311 e. The van der Waals surface area contributed by atoms with Gasteiger partial charge in [-0.1, -0.05) is 29.7 Å². The molecule has 0 radical (unpaired) electrons. The molecule has 0 spiro atoms. The number of hydrogen-bond donors (Lipinski definition) is 1. The molecule has 1 N–H and O–H groups in total. The van der Waals surface area contributed by atoms with Crippen molar-refractivity contribution in [3.05, 3.63) is 23.3 Å². The van der Waals surface area contributed by atoms with E-state index in [0.717, 1.165) is 38.9 Å². The number of likely N-dealkylation sites (tertiary alicyclic amines) is 1. The van der Waals surface area contributed by atoms with Crippen molar-refractivity contribution in [2.75, 3.05) is 19.6 Å². The van der Waals surface area contributed by atoms with Gasteiger partial charge in [-0.3, -0.25) is 4.79 Å². The molecule has 0 saturated carbocycles. The van der Waals surface area contributed by atoms with E-state index in [1.807, 2.05) is 6.08 Å². The van der Waals surface area contributed by atoms with E-state index in [1.54, 1.807) is 0 Å². The molecule has 0 amide bonds. The van der Waals surface area contributed by atoms with E-state index < -0.39 is 6.10 Å². The summed E-state index contributed by atoms with van der Waals surface area (Å²) >= 11 is 0. The first-order valence-corrected chi connectivity index (χ1v) is 9.48. The van der Waals surface area contributed by atoms with Crippen molar-refractivity contribution in [1.29, 1.82) is 0 Å². The second-order valence-corrected chi connectivity index (χ2v) is 7.82. The van der Waals surface area contributed by atoms with Crippen LogP contribution in [0, 0.1) is 11.8 Å². The molecule has 24 heavy (non-hydrogen) atoms. The standard InChI is InChI=1S/C20H31NO3/c1-14-7-6-8-15(2)12-18-19(17(22)11-14)16(20(23)24-18)13-21-9-4-3-5-10-21/h8,11,16-19,22H,3-7,9-10,12-13H2,1-2H3/b14-11+,15-8+/t16-,17-,18+,19-/m1/s1. The molecule has 3 aliphatic rings. The minimum Gasteiger partial charge on any atom is -0.461 e. The predicted octanol–water partition coefficient (Wildman–Crippen LogP) is 3.07. The molecular weight excluding hydrogens is 302 g/mol. The van der Waals surface area contributed by atoms with Crippen LogP contribution in [0.15, 0.2) is 23.3 Å². The first-order valence-electron chi connectivity index (χ1n) is 9.48. The molecule has 0 aromatic carbocycles. The number of aliphatic hydroxyl groups is 1. The van der Waals surface area contributed by atoms with E-state index in [-0.39, 0.29) is 23.9 Å². The zero-order valence-electron chi connectivity index (χ0n) is 15.0. The summed E-state index contributed by atoms with van der Waals surface area (Å²) in [7, 11) is 0. The van der Waals surface area contributed by atoms with Gasteiger partial charge in [0.15, 0.2) is 0 Å². The van der Waals surface area contributed by atoms with E-state index in [9.17, 15) is 9.90 Å². The predicted molar refractivity (Wildman–Crippen MR) is 94.5 cm³/mol. The highest BCUT2D eigenvalue weighted by Crippen LogP contribution is 2.37. The van der Waals surface area contributed by atoms with E-state index in [4.69, 9.17) is 4.74 Å². The maximum atomic E-state index is 12.5. The van der Waals surface area contributed by atoms with Crippen LogP contribution < -0.4 is 0 Å². The lowest BCUT2D eigenvalue weighted by atomic mass is 9.81. The van der Waals surface area contributed by atoms with E-state index >= 15 is 0 Å². The molecule has 3 rings (SSSR count). The molecule has 4 atom stereocenters.